The first-order valence-corrected chi connectivity index (χ1v) is 7.56. The maximum absolute atomic E-state index is 5.46. The van der Waals surface area contributed by atoms with Crippen LogP contribution in [0.2, 0.25) is 0 Å². The van der Waals surface area contributed by atoms with Crippen LogP contribution in [-0.4, -0.2) is 37.4 Å². The fraction of sp³-hybridized carbons (Fsp3) is 0.625. The second kappa shape index (κ2) is 6.02. The summed E-state index contributed by atoms with van der Waals surface area (Å²) in [6.45, 7) is 9.32. The number of fused-ring (bicyclic) bond motifs is 1. The second-order valence-electron chi connectivity index (χ2n) is 6.08. The lowest BCUT2D eigenvalue weighted by Gasteiger charge is -2.26. The van der Waals surface area contributed by atoms with E-state index in [-0.39, 0.29) is 0 Å². The van der Waals surface area contributed by atoms with Gasteiger partial charge in [-0.05, 0) is 43.1 Å². The minimum absolute atomic E-state index is 0.349. The van der Waals surface area contributed by atoms with Crippen LogP contribution in [0.4, 0.5) is 0 Å². The molecule has 2 heterocycles. The molecule has 1 N–H and O–H groups in total. The van der Waals surface area contributed by atoms with Gasteiger partial charge < -0.3 is 14.8 Å². The number of nitrogens with one attached hydrogen (secondary N) is 1. The summed E-state index contributed by atoms with van der Waals surface area (Å²) in [4.78, 5) is 2.54. The number of benzene rings is 1. The Morgan fingerprint density at radius 2 is 2.15 bits per heavy atom. The largest absolute Gasteiger partial charge is 0.454 e. The number of hydrogen-bond acceptors (Lipinski definition) is 4. The Morgan fingerprint density at radius 1 is 1.30 bits per heavy atom. The zero-order valence-electron chi connectivity index (χ0n) is 12.4. The molecule has 20 heavy (non-hydrogen) atoms. The maximum atomic E-state index is 5.46. The molecule has 2 aliphatic rings. The summed E-state index contributed by atoms with van der Waals surface area (Å²) in [7, 11) is 0. The molecule has 3 rings (SSSR count). The van der Waals surface area contributed by atoms with Crippen molar-refractivity contribution in [3.63, 3.8) is 0 Å². The molecule has 1 atom stereocenters. The highest BCUT2D eigenvalue weighted by atomic mass is 16.7. The van der Waals surface area contributed by atoms with Gasteiger partial charge in [0.25, 0.3) is 0 Å². The molecule has 4 heteroatoms. The van der Waals surface area contributed by atoms with Crippen molar-refractivity contribution >= 4 is 0 Å². The molecule has 4 nitrogen and oxygen atoms in total. The summed E-state index contributed by atoms with van der Waals surface area (Å²) < 4.78 is 10.8. The summed E-state index contributed by atoms with van der Waals surface area (Å²) in [5.74, 6) is 2.43. The molecule has 0 radical (unpaired) electrons. The zero-order chi connectivity index (χ0) is 13.9. The molecule has 0 spiro atoms. The fourth-order valence-corrected chi connectivity index (χ4v) is 2.91. The zero-order valence-corrected chi connectivity index (χ0v) is 12.4. The first-order chi connectivity index (χ1) is 9.72. The Morgan fingerprint density at radius 3 is 3.00 bits per heavy atom. The van der Waals surface area contributed by atoms with Crippen molar-refractivity contribution in [1.29, 1.82) is 0 Å². The summed E-state index contributed by atoms with van der Waals surface area (Å²) in [5.41, 5.74) is 1.30. The van der Waals surface area contributed by atoms with Crippen LogP contribution in [0.1, 0.15) is 25.8 Å². The van der Waals surface area contributed by atoms with Gasteiger partial charge in [-0.3, -0.25) is 4.90 Å². The molecule has 1 saturated heterocycles. The lowest BCUT2D eigenvalue weighted by atomic mass is 10.0. The van der Waals surface area contributed by atoms with Crippen LogP contribution < -0.4 is 14.8 Å². The van der Waals surface area contributed by atoms with E-state index in [9.17, 15) is 0 Å². The van der Waals surface area contributed by atoms with Gasteiger partial charge in [0, 0.05) is 19.1 Å². The van der Waals surface area contributed by atoms with E-state index in [2.05, 4.69) is 36.2 Å². The van der Waals surface area contributed by atoms with Crippen molar-refractivity contribution in [3.05, 3.63) is 23.8 Å². The molecule has 0 aromatic heterocycles. The van der Waals surface area contributed by atoms with Crippen molar-refractivity contribution in [3.8, 4) is 11.5 Å². The first kappa shape index (κ1) is 13.7. The summed E-state index contributed by atoms with van der Waals surface area (Å²) >= 11 is 0. The lowest BCUT2D eigenvalue weighted by Crippen LogP contribution is -2.40. The minimum atomic E-state index is 0.349. The average molecular weight is 276 g/mol. The van der Waals surface area contributed by atoms with E-state index < -0.39 is 0 Å². The van der Waals surface area contributed by atoms with Gasteiger partial charge in [-0.25, -0.2) is 0 Å². The fourth-order valence-electron chi connectivity index (χ4n) is 2.91. The van der Waals surface area contributed by atoms with E-state index in [0.29, 0.717) is 18.8 Å². The molecule has 1 aromatic rings. The average Bonchev–Trinajstić information content (AvgIpc) is 2.76. The highest BCUT2D eigenvalue weighted by Gasteiger charge is 2.21. The van der Waals surface area contributed by atoms with Crippen molar-refractivity contribution in [2.45, 2.75) is 32.9 Å². The third kappa shape index (κ3) is 3.07. The smallest absolute Gasteiger partial charge is 0.231 e. The molecular formula is C16H24N2O2. The van der Waals surface area contributed by atoms with Gasteiger partial charge in [0.05, 0.1) is 0 Å². The Kier molecular flexibility index (Phi) is 4.13. The van der Waals surface area contributed by atoms with Crippen LogP contribution in [0.15, 0.2) is 18.2 Å². The van der Waals surface area contributed by atoms with Crippen LogP contribution in [0.25, 0.3) is 0 Å². The van der Waals surface area contributed by atoms with Gasteiger partial charge in [-0.1, -0.05) is 19.9 Å². The Balaban J connectivity index is 1.66. The van der Waals surface area contributed by atoms with E-state index in [1.165, 1.54) is 12.0 Å². The van der Waals surface area contributed by atoms with Crippen molar-refractivity contribution in [2.24, 2.45) is 5.92 Å². The van der Waals surface area contributed by atoms with Crippen LogP contribution in [0.5, 0.6) is 11.5 Å². The van der Waals surface area contributed by atoms with Gasteiger partial charge in [0.15, 0.2) is 11.5 Å². The minimum Gasteiger partial charge on any atom is -0.454 e. The van der Waals surface area contributed by atoms with E-state index in [4.69, 9.17) is 9.47 Å². The molecule has 0 amide bonds. The molecule has 2 aliphatic heterocycles. The topological polar surface area (TPSA) is 33.7 Å². The number of hydrogen-bond donors (Lipinski definition) is 1. The summed E-state index contributed by atoms with van der Waals surface area (Å²) in [6.07, 6.45) is 1.22. The molecular weight excluding hydrogens is 252 g/mol. The van der Waals surface area contributed by atoms with Crippen LogP contribution in [0, 0.1) is 5.92 Å². The highest BCUT2D eigenvalue weighted by molar-refractivity contribution is 5.44. The van der Waals surface area contributed by atoms with E-state index in [0.717, 1.165) is 37.7 Å². The third-order valence-electron chi connectivity index (χ3n) is 4.16. The molecule has 0 saturated carbocycles. The number of nitrogens with zero attached hydrogens (tertiary/aromatic N) is 1. The quantitative estimate of drug-likeness (QED) is 0.918. The third-order valence-corrected chi connectivity index (χ3v) is 4.16. The van der Waals surface area contributed by atoms with Crippen molar-refractivity contribution in [2.75, 3.05) is 26.4 Å². The van der Waals surface area contributed by atoms with E-state index >= 15 is 0 Å². The Hall–Kier alpha value is -1.26. The van der Waals surface area contributed by atoms with Crippen LogP contribution >= 0.6 is 0 Å². The summed E-state index contributed by atoms with van der Waals surface area (Å²) in [6, 6.07) is 6.88. The van der Waals surface area contributed by atoms with E-state index in [1.807, 2.05) is 6.07 Å². The molecule has 1 aromatic carbocycles. The highest BCUT2D eigenvalue weighted by Crippen LogP contribution is 2.32. The lowest BCUT2D eigenvalue weighted by molar-refractivity contribution is 0.174. The van der Waals surface area contributed by atoms with Crippen LogP contribution in [-0.2, 0) is 6.54 Å². The van der Waals surface area contributed by atoms with Gasteiger partial charge in [-0.15, -0.1) is 0 Å². The Bertz CT molecular complexity index is 462. The van der Waals surface area contributed by atoms with Gasteiger partial charge in [-0.2, -0.15) is 0 Å². The molecule has 0 bridgehead atoms. The monoisotopic (exact) mass is 276 g/mol. The van der Waals surface area contributed by atoms with E-state index in [1.54, 1.807) is 0 Å². The molecule has 1 unspecified atom stereocenters. The van der Waals surface area contributed by atoms with Crippen LogP contribution in [0.3, 0.4) is 0 Å². The van der Waals surface area contributed by atoms with Gasteiger partial charge >= 0.3 is 0 Å². The van der Waals surface area contributed by atoms with Gasteiger partial charge in [0.2, 0.25) is 6.79 Å². The number of rotatable bonds is 3. The molecule has 110 valence electrons. The predicted octanol–water partition coefficient (Wildman–Crippen LogP) is 2.24. The predicted molar refractivity (Wildman–Crippen MR) is 79.1 cm³/mol. The van der Waals surface area contributed by atoms with Crippen molar-refractivity contribution < 1.29 is 9.47 Å². The summed E-state index contributed by atoms with van der Waals surface area (Å²) in [5, 5.41) is 3.65. The second-order valence-corrected chi connectivity index (χ2v) is 6.08. The first-order valence-electron chi connectivity index (χ1n) is 7.56. The molecule has 1 fully saturated rings. The number of ether oxygens (including phenoxy) is 2. The standard InChI is InChI=1S/C16H24N2O2/c1-12(2)14-10-18(7-3-6-17-14)9-13-4-5-15-16(8-13)20-11-19-15/h4-5,8,12,14,17H,3,6-7,9-11H2,1-2H3. The maximum Gasteiger partial charge on any atom is 0.231 e. The Labute approximate surface area is 121 Å². The van der Waals surface area contributed by atoms with Gasteiger partial charge in [0.1, 0.15) is 0 Å². The SMILES string of the molecule is CC(C)C1CN(Cc2ccc3c(c2)OCO3)CCCN1. The van der Waals surface area contributed by atoms with Crippen molar-refractivity contribution in [1.82, 2.24) is 10.2 Å². The molecule has 0 aliphatic carbocycles. The normalized spacial score (nSPS) is 23.1.